The molecule has 82 valence electrons. The number of para-hydroxylation sites is 1. The largest absolute Gasteiger partial charge is 0.492 e. The van der Waals surface area contributed by atoms with E-state index in [1.165, 1.54) is 24.8 Å². The van der Waals surface area contributed by atoms with Crippen LogP contribution in [-0.2, 0) is 0 Å². The monoisotopic (exact) mass is 205 g/mol. The van der Waals surface area contributed by atoms with Gasteiger partial charge in [-0.3, -0.25) is 0 Å². The lowest BCUT2D eigenvalue weighted by molar-refractivity contribution is 0.238. The summed E-state index contributed by atoms with van der Waals surface area (Å²) < 4.78 is 5.81. The van der Waals surface area contributed by atoms with Gasteiger partial charge in [-0.25, -0.2) is 0 Å². The van der Waals surface area contributed by atoms with E-state index in [1.54, 1.807) is 0 Å². The van der Waals surface area contributed by atoms with Gasteiger partial charge in [0.2, 0.25) is 0 Å². The molecule has 1 N–H and O–H groups in total. The van der Waals surface area contributed by atoms with Crippen LogP contribution in [0.2, 0.25) is 0 Å². The van der Waals surface area contributed by atoms with E-state index in [0.29, 0.717) is 6.04 Å². The molecule has 0 amide bonds. The number of piperidine rings is 1. The molecule has 0 bridgehead atoms. The summed E-state index contributed by atoms with van der Waals surface area (Å²) in [5.41, 5.74) is 1.22. The van der Waals surface area contributed by atoms with Crippen molar-refractivity contribution >= 4 is 0 Å². The summed E-state index contributed by atoms with van der Waals surface area (Å²) in [6.45, 7) is 4.02. The zero-order valence-corrected chi connectivity index (χ0v) is 9.33. The molecule has 2 nitrogen and oxygen atoms in total. The fourth-order valence-electron chi connectivity index (χ4n) is 1.97. The molecule has 2 heteroatoms. The van der Waals surface area contributed by atoms with Crippen LogP contribution >= 0.6 is 0 Å². The van der Waals surface area contributed by atoms with Crippen molar-refractivity contribution in [1.29, 1.82) is 0 Å². The van der Waals surface area contributed by atoms with Crippen LogP contribution in [0.4, 0.5) is 0 Å². The van der Waals surface area contributed by atoms with E-state index in [0.717, 1.165) is 18.9 Å². The minimum Gasteiger partial charge on any atom is -0.492 e. The molecular weight excluding hydrogens is 186 g/mol. The van der Waals surface area contributed by atoms with Crippen LogP contribution in [0.1, 0.15) is 24.8 Å². The molecule has 0 radical (unpaired) electrons. The molecule has 1 saturated heterocycles. The maximum absolute atomic E-state index is 5.81. The van der Waals surface area contributed by atoms with Crippen molar-refractivity contribution in [3.8, 4) is 5.75 Å². The number of hydrogen-bond acceptors (Lipinski definition) is 2. The quantitative estimate of drug-likeness (QED) is 0.818. The van der Waals surface area contributed by atoms with Gasteiger partial charge in [0.05, 0.1) is 0 Å². The molecule has 1 aliphatic rings. The molecule has 1 atom stereocenters. The minimum atomic E-state index is 0.540. The van der Waals surface area contributed by atoms with Crippen molar-refractivity contribution in [1.82, 2.24) is 5.32 Å². The Kier molecular flexibility index (Phi) is 3.62. The SMILES string of the molecule is Cc1ccccc1OCC1CCCCN1. The van der Waals surface area contributed by atoms with Gasteiger partial charge in [0.1, 0.15) is 12.4 Å². The van der Waals surface area contributed by atoms with Crippen LogP contribution in [0, 0.1) is 6.92 Å². The Hall–Kier alpha value is -1.02. The topological polar surface area (TPSA) is 21.3 Å². The third-order valence-electron chi connectivity index (χ3n) is 2.95. The highest BCUT2D eigenvalue weighted by atomic mass is 16.5. The molecule has 1 fully saturated rings. The lowest BCUT2D eigenvalue weighted by atomic mass is 10.1. The summed E-state index contributed by atoms with van der Waals surface area (Å²) >= 11 is 0. The second kappa shape index (κ2) is 5.17. The lowest BCUT2D eigenvalue weighted by Gasteiger charge is -2.23. The van der Waals surface area contributed by atoms with Gasteiger partial charge in [0.25, 0.3) is 0 Å². The fraction of sp³-hybridized carbons (Fsp3) is 0.538. The van der Waals surface area contributed by atoms with Crippen molar-refractivity contribution in [2.24, 2.45) is 0 Å². The molecule has 1 aliphatic heterocycles. The summed E-state index contributed by atoms with van der Waals surface area (Å²) in [6, 6.07) is 8.73. The minimum absolute atomic E-state index is 0.540. The Morgan fingerprint density at radius 3 is 2.93 bits per heavy atom. The molecule has 1 aromatic rings. The van der Waals surface area contributed by atoms with Gasteiger partial charge >= 0.3 is 0 Å². The highest BCUT2D eigenvalue weighted by Crippen LogP contribution is 2.17. The first-order valence-electron chi connectivity index (χ1n) is 5.78. The third kappa shape index (κ3) is 2.96. The van der Waals surface area contributed by atoms with Gasteiger partial charge in [0.15, 0.2) is 0 Å². The Bertz CT molecular complexity index is 305. The first-order valence-corrected chi connectivity index (χ1v) is 5.78. The van der Waals surface area contributed by atoms with Crippen LogP contribution in [0.5, 0.6) is 5.75 Å². The summed E-state index contributed by atoms with van der Waals surface area (Å²) in [5, 5.41) is 3.48. The molecule has 0 saturated carbocycles. The molecule has 0 aromatic heterocycles. The number of nitrogens with one attached hydrogen (secondary N) is 1. The van der Waals surface area contributed by atoms with Crippen molar-refractivity contribution < 1.29 is 4.74 Å². The fourth-order valence-corrected chi connectivity index (χ4v) is 1.97. The van der Waals surface area contributed by atoms with E-state index < -0.39 is 0 Å². The van der Waals surface area contributed by atoms with Crippen LogP contribution in [0.15, 0.2) is 24.3 Å². The third-order valence-corrected chi connectivity index (χ3v) is 2.95. The Morgan fingerprint density at radius 1 is 1.33 bits per heavy atom. The zero-order chi connectivity index (χ0) is 10.5. The predicted molar refractivity (Wildman–Crippen MR) is 62.3 cm³/mol. The average molecular weight is 205 g/mol. The summed E-state index contributed by atoms with van der Waals surface area (Å²) in [6.07, 6.45) is 3.88. The molecule has 1 aromatic carbocycles. The van der Waals surface area contributed by atoms with Crippen LogP contribution in [0.3, 0.4) is 0 Å². The first kappa shape index (κ1) is 10.5. The standard InChI is InChI=1S/C13H19NO/c1-11-6-2-3-8-13(11)15-10-12-7-4-5-9-14-12/h2-3,6,8,12,14H,4-5,7,9-10H2,1H3. The number of aryl methyl sites for hydroxylation is 1. The summed E-state index contributed by atoms with van der Waals surface area (Å²) in [5.74, 6) is 1.02. The van der Waals surface area contributed by atoms with E-state index >= 15 is 0 Å². The average Bonchev–Trinajstić information content (AvgIpc) is 2.29. The van der Waals surface area contributed by atoms with Gasteiger partial charge in [-0.15, -0.1) is 0 Å². The van der Waals surface area contributed by atoms with Crippen molar-refractivity contribution in [3.63, 3.8) is 0 Å². The highest BCUT2D eigenvalue weighted by molar-refractivity contribution is 5.31. The van der Waals surface area contributed by atoms with E-state index in [1.807, 2.05) is 18.2 Å². The van der Waals surface area contributed by atoms with Crippen molar-refractivity contribution in [3.05, 3.63) is 29.8 Å². The van der Waals surface area contributed by atoms with Gasteiger partial charge < -0.3 is 10.1 Å². The van der Waals surface area contributed by atoms with Crippen molar-refractivity contribution in [2.75, 3.05) is 13.2 Å². The maximum atomic E-state index is 5.81. The van der Waals surface area contributed by atoms with Crippen LogP contribution in [0.25, 0.3) is 0 Å². The van der Waals surface area contributed by atoms with Crippen LogP contribution in [-0.4, -0.2) is 19.2 Å². The number of rotatable bonds is 3. The Labute approximate surface area is 91.6 Å². The zero-order valence-electron chi connectivity index (χ0n) is 9.33. The molecular formula is C13H19NO. The number of hydrogen-bond donors (Lipinski definition) is 1. The number of benzene rings is 1. The Balaban J connectivity index is 1.84. The van der Waals surface area contributed by atoms with E-state index in [9.17, 15) is 0 Å². The molecule has 2 rings (SSSR count). The van der Waals surface area contributed by atoms with Crippen molar-refractivity contribution in [2.45, 2.75) is 32.2 Å². The van der Waals surface area contributed by atoms with E-state index in [4.69, 9.17) is 4.74 Å². The summed E-state index contributed by atoms with van der Waals surface area (Å²) in [7, 11) is 0. The highest BCUT2D eigenvalue weighted by Gasteiger charge is 2.13. The normalized spacial score (nSPS) is 21.3. The smallest absolute Gasteiger partial charge is 0.122 e. The second-order valence-electron chi connectivity index (χ2n) is 4.22. The molecule has 0 spiro atoms. The number of ether oxygens (including phenoxy) is 1. The molecule has 1 unspecified atom stereocenters. The predicted octanol–water partition coefficient (Wildman–Crippen LogP) is 2.52. The first-order chi connectivity index (χ1) is 7.36. The van der Waals surface area contributed by atoms with Crippen LogP contribution < -0.4 is 10.1 Å². The maximum Gasteiger partial charge on any atom is 0.122 e. The Morgan fingerprint density at radius 2 is 2.20 bits per heavy atom. The van der Waals surface area contributed by atoms with Gasteiger partial charge in [-0.1, -0.05) is 24.6 Å². The van der Waals surface area contributed by atoms with Gasteiger partial charge in [0, 0.05) is 6.04 Å². The molecule has 15 heavy (non-hydrogen) atoms. The van der Waals surface area contributed by atoms with Gasteiger partial charge in [-0.2, -0.15) is 0 Å². The van der Waals surface area contributed by atoms with Gasteiger partial charge in [-0.05, 0) is 37.9 Å². The second-order valence-corrected chi connectivity index (χ2v) is 4.22. The van der Waals surface area contributed by atoms with E-state index in [2.05, 4.69) is 18.3 Å². The summed E-state index contributed by atoms with van der Waals surface area (Å²) in [4.78, 5) is 0. The van der Waals surface area contributed by atoms with E-state index in [-0.39, 0.29) is 0 Å². The molecule has 0 aliphatic carbocycles. The molecule has 1 heterocycles. The lowest BCUT2D eigenvalue weighted by Crippen LogP contribution is -2.38.